The number of aliphatic hydroxyl groups is 1. The predicted molar refractivity (Wildman–Crippen MR) is 291 cm³/mol. The van der Waals surface area contributed by atoms with Gasteiger partial charge < -0.3 is 46.1 Å². The summed E-state index contributed by atoms with van der Waals surface area (Å²) in [6.45, 7) is 12.0. The number of thiazole rings is 1. The molecule has 0 saturated carbocycles. The van der Waals surface area contributed by atoms with Crippen molar-refractivity contribution in [3.63, 3.8) is 0 Å². The molecule has 3 amide bonds. The van der Waals surface area contributed by atoms with Crippen LogP contribution in [-0.2, 0) is 25.3 Å². The number of fused-ring (bicyclic) bond motifs is 3. The number of halogens is 6. The molecule has 7 heterocycles. The fraction of sp³-hybridized carbons (Fsp3) is 0.545. The van der Waals surface area contributed by atoms with Gasteiger partial charge in [-0.3, -0.25) is 19.3 Å². The van der Waals surface area contributed by atoms with Crippen molar-refractivity contribution >= 4 is 63.2 Å². The molecule has 6 N–H and O–H groups in total. The van der Waals surface area contributed by atoms with Crippen LogP contribution >= 0.6 is 22.9 Å². The Balaban J connectivity index is 0.796. The third-order valence-electron chi connectivity index (χ3n) is 15.3. The van der Waals surface area contributed by atoms with Crippen LogP contribution in [0.5, 0.6) is 6.01 Å². The number of rotatable bonds is 18. The molecule has 4 aliphatic rings. The number of nitrogens with zero attached hydrogens (tertiary/aromatic N) is 7. The Bertz CT molecular complexity index is 3050. The average Bonchev–Trinajstić information content (AvgIpc) is 4.34. The first-order chi connectivity index (χ1) is 37.4. The number of piperazine rings is 1. The number of nitrogens with one attached hydrogen (secondary N) is 3. The zero-order valence-electron chi connectivity index (χ0n) is 44.9. The van der Waals surface area contributed by atoms with Gasteiger partial charge in [0.05, 0.1) is 56.7 Å². The van der Waals surface area contributed by atoms with Gasteiger partial charge in [-0.05, 0) is 80.7 Å². The van der Waals surface area contributed by atoms with Gasteiger partial charge in [0.25, 0.3) is 0 Å². The van der Waals surface area contributed by atoms with Crippen molar-refractivity contribution in [3.8, 4) is 27.7 Å². The van der Waals surface area contributed by atoms with E-state index < -0.39 is 88.4 Å². The first kappa shape index (κ1) is 57.8. The highest BCUT2D eigenvalue weighted by molar-refractivity contribution is 7.13. The van der Waals surface area contributed by atoms with Gasteiger partial charge in [0.15, 0.2) is 5.82 Å². The number of β-amino-alcohol motifs (C(OH)–C–C–N with tert-alkyl or cyclic N) is 1. The second kappa shape index (κ2) is 23.7. The molecule has 2 bridgehead atoms. The summed E-state index contributed by atoms with van der Waals surface area (Å²) in [6.07, 6.45) is -4.66. The van der Waals surface area contributed by atoms with E-state index in [1.165, 1.54) is 17.9 Å². The number of aryl methyl sites for hydroxylation is 2. The first-order valence-electron chi connectivity index (χ1n) is 26.7. The van der Waals surface area contributed by atoms with Crippen LogP contribution in [0.15, 0.2) is 41.9 Å². The SMILES string of the molecule is Cc1cc(N)nc(-c2c(Cl)cc3c(N4CC5CCC(C4)N5)nc(OC[C@@H]4C[C@@H](F)CN4CCCOCCC(=O)N[C@H](C(=O)N4C[C@H](O)C[C@H]4C(=O)N[C@@H](C)c4ccc(-c5scnc5C)cc4)C(C)(C)C)nc3c2F)c1C(F)(F)F. The zero-order chi connectivity index (χ0) is 56.7. The van der Waals surface area contributed by atoms with Crippen LogP contribution in [0.1, 0.15) is 94.6 Å². The van der Waals surface area contributed by atoms with E-state index >= 15 is 8.78 Å². The van der Waals surface area contributed by atoms with E-state index in [1.54, 1.807) is 37.6 Å². The molecule has 8 atom stereocenters. The highest BCUT2D eigenvalue weighted by Gasteiger charge is 2.45. The highest BCUT2D eigenvalue weighted by Crippen LogP contribution is 2.45. The molecule has 0 spiro atoms. The monoisotopic (exact) mass is 1140 g/mol. The summed E-state index contributed by atoms with van der Waals surface area (Å²) in [5.74, 6) is -2.46. The van der Waals surface area contributed by atoms with E-state index in [4.69, 9.17) is 31.8 Å². The van der Waals surface area contributed by atoms with Gasteiger partial charge in [-0.2, -0.15) is 23.1 Å². The molecule has 2 unspecified atom stereocenters. The Hall–Kier alpha value is -5.85. The largest absolute Gasteiger partial charge is 0.462 e. The van der Waals surface area contributed by atoms with Crippen LogP contribution in [-0.4, -0.2) is 148 Å². The lowest BCUT2D eigenvalue weighted by Crippen LogP contribution is -2.58. The number of carbonyl (C=O) groups is 3. The fourth-order valence-electron chi connectivity index (χ4n) is 11.3. The quantitative estimate of drug-likeness (QED) is 0.0420. The highest BCUT2D eigenvalue weighted by atomic mass is 35.5. The van der Waals surface area contributed by atoms with Crippen molar-refractivity contribution in [1.29, 1.82) is 0 Å². The molecular weight excluding hydrogens is 1070 g/mol. The van der Waals surface area contributed by atoms with Crippen molar-refractivity contribution in [1.82, 2.24) is 45.7 Å². The number of carbonyl (C=O) groups excluding carboxylic acids is 3. The first-order valence-corrected chi connectivity index (χ1v) is 27.9. The maximum atomic E-state index is 17.0. The number of hydrogen-bond donors (Lipinski definition) is 5. The van der Waals surface area contributed by atoms with Crippen LogP contribution in [0.2, 0.25) is 5.02 Å². The van der Waals surface area contributed by atoms with Gasteiger partial charge in [-0.1, -0.05) is 56.6 Å². The molecule has 24 heteroatoms. The van der Waals surface area contributed by atoms with Gasteiger partial charge in [0.1, 0.15) is 42.0 Å². The number of pyridine rings is 1. The number of aliphatic hydroxyl groups excluding tert-OH is 1. The summed E-state index contributed by atoms with van der Waals surface area (Å²) < 4.78 is 87.6. The number of likely N-dealkylation sites (tertiary alicyclic amines) is 2. The fourth-order valence-corrected chi connectivity index (χ4v) is 12.4. The molecule has 3 aromatic heterocycles. The minimum atomic E-state index is -4.92. The number of ether oxygens (including phenoxy) is 2. The standard InChI is InChI=1S/C55H67ClF5N11O6S/c1-28-18-41(62)66-47(44(28)55(59,60)61)43-39(56)21-38-46(45(43)58)68-53(69-50(38)71-23-34-12-13-35(24-71)65-34)78-26-36-19-33(57)22-70(36)15-7-16-77-17-14-42(74)67-49(54(4,5)6)52(76)72-25-37(73)20-40(72)51(75)64-29(2)31-8-10-32(11-9-31)48-30(3)63-27-79-48/h8-11,18,21,27,29,33-37,40,49,65,73H,7,12-17,19-20,22-26H2,1-6H3,(H2,62,66)(H,64,75)(H,67,74)/t29-,33+,34?,35?,36-,37+,40-,49+/m0/s1. The summed E-state index contributed by atoms with van der Waals surface area (Å²) in [5, 5.41) is 19.9. The summed E-state index contributed by atoms with van der Waals surface area (Å²) >= 11 is 8.21. The molecule has 4 aliphatic heterocycles. The number of nitrogens with two attached hydrogens (primary N) is 1. The van der Waals surface area contributed by atoms with E-state index in [0.29, 0.717) is 31.9 Å². The second-order valence-electron chi connectivity index (χ2n) is 22.3. The summed E-state index contributed by atoms with van der Waals surface area (Å²) in [7, 11) is 0. The third-order valence-corrected chi connectivity index (χ3v) is 16.5. The molecular formula is C55H67ClF5N11O6S. The van der Waals surface area contributed by atoms with Crippen molar-refractivity contribution in [2.45, 2.75) is 135 Å². The Morgan fingerprint density at radius 2 is 1.71 bits per heavy atom. The zero-order valence-corrected chi connectivity index (χ0v) is 46.5. The molecule has 5 aromatic rings. The number of amides is 3. The second-order valence-corrected chi connectivity index (χ2v) is 23.6. The number of nitrogen functional groups attached to an aromatic ring is 1. The van der Waals surface area contributed by atoms with Crippen LogP contribution < -0.4 is 31.3 Å². The van der Waals surface area contributed by atoms with Gasteiger partial charge in [0.2, 0.25) is 17.7 Å². The van der Waals surface area contributed by atoms with E-state index in [0.717, 1.165) is 40.6 Å². The van der Waals surface area contributed by atoms with E-state index in [2.05, 4.69) is 30.9 Å². The topological polar surface area (TPSA) is 213 Å². The van der Waals surface area contributed by atoms with Gasteiger partial charge in [-0.15, -0.1) is 11.3 Å². The molecule has 0 radical (unpaired) electrons. The smallest absolute Gasteiger partial charge is 0.418 e. The Morgan fingerprint density at radius 3 is 2.38 bits per heavy atom. The van der Waals surface area contributed by atoms with Crippen LogP contribution in [0.3, 0.4) is 0 Å². The minimum absolute atomic E-state index is 0.0237. The molecule has 0 aliphatic carbocycles. The Labute approximate surface area is 464 Å². The van der Waals surface area contributed by atoms with Crippen molar-refractivity contribution < 1.29 is 50.9 Å². The molecule has 9 rings (SSSR count). The van der Waals surface area contributed by atoms with Gasteiger partial charge in [-0.25, -0.2) is 18.7 Å². The van der Waals surface area contributed by atoms with Crippen LogP contribution in [0.25, 0.3) is 32.6 Å². The minimum Gasteiger partial charge on any atom is -0.462 e. The molecule has 4 fully saturated rings. The van der Waals surface area contributed by atoms with Crippen molar-refractivity contribution in [3.05, 3.63) is 75.1 Å². The summed E-state index contributed by atoms with van der Waals surface area (Å²) in [4.78, 5) is 65.0. The summed E-state index contributed by atoms with van der Waals surface area (Å²) in [5.41, 5.74) is 6.58. The Kier molecular flexibility index (Phi) is 17.3. The van der Waals surface area contributed by atoms with E-state index in [1.807, 2.05) is 47.9 Å². The van der Waals surface area contributed by atoms with Crippen LogP contribution in [0.4, 0.5) is 33.6 Å². The number of benzene rings is 2. The number of aromatic nitrogens is 4. The maximum absolute atomic E-state index is 17.0. The van der Waals surface area contributed by atoms with Gasteiger partial charge in [0, 0.05) is 75.7 Å². The normalized spacial score (nSPS) is 22.4. The van der Waals surface area contributed by atoms with Gasteiger partial charge >= 0.3 is 12.2 Å². The van der Waals surface area contributed by atoms with E-state index in [9.17, 15) is 32.7 Å². The van der Waals surface area contributed by atoms with Crippen molar-refractivity contribution in [2.75, 3.05) is 63.2 Å². The summed E-state index contributed by atoms with van der Waals surface area (Å²) in [6, 6.07) is 7.42. The lowest BCUT2D eigenvalue weighted by Gasteiger charge is -2.35. The molecule has 426 valence electrons. The van der Waals surface area contributed by atoms with Crippen molar-refractivity contribution in [2.24, 2.45) is 5.41 Å². The molecule has 4 saturated heterocycles. The van der Waals surface area contributed by atoms with Crippen LogP contribution in [0, 0.1) is 25.1 Å². The lowest BCUT2D eigenvalue weighted by atomic mass is 9.85. The molecule has 79 heavy (non-hydrogen) atoms. The number of alkyl halides is 4. The predicted octanol–water partition coefficient (Wildman–Crippen LogP) is 7.72. The average molecular weight is 1140 g/mol. The Morgan fingerprint density at radius 1 is 0.987 bits per heavy atom. The number of anilines is 2. The van der Waals surface area contributed by atoms with E-state index in [-0.39, 0.29) is 97.6 Å². The molecule has 17 nitrogen and oxygen atoms in total. The number of hydrogen-bond acceptors (Lipinski definition) is 15. The maximum Gasteiger partial charge on any atom is 0.418 e. The lowest BCUT2D eigenvalue weighted by molar-refractivity contribution is -0.144. The third kappa shape index (κ3) is 13.0. The molecule has 2 aromatic carbocycles.